The normalized spacial score (nSPS) is 12.1. The average Bonchev–Trinajstić information content (AvgIpc) is 2.28. The Labute approximate surface area is 106 Å². The van der Waals surface area contributed by atoms with Crippen LogP contribution < -0.4 is 10.1 Å². The van der Waals surface area contributed by atoms with E-state index >= 15 is 0 Å². The van der Waals surface area contributed by atoms with Crippen molar-refractivity contribution in [3.63, 3.8) is 0 Å². The molecule has 1 aromatic carbocycles. The molecule has 0 aliphatic carbocycles. The van der Waals surface area contributed by atoms with Crippen LogP contribution >= 0.6 is 0 Å². The molecular formula is C12H17F2NO2Si. The SMILES string of the molecule is COc1ccc(NC(=O)C(F)(F)[Si](C)(C)C)cc1. The zero-order valence-electron chi connectivity index (χ0n) is 10.9. The van der Waals surface area contributed by atoms with Gasteiger partial charge in [-0.3, -0.25) is 4.79 Å². The molecule has 6 heteroatoms. The first-order valence-electron chi connectivity index (χ1n) is 5.52. The standard InChI is InChI=1S/C12H17F2NO2Si/c1-17-10-7-5-9(6-8-10)15-11(16)12(13,14)18(2,3)4/h5-8H,1-4H3,(H,15,16). The first-order chi connectivity index (χ1) is 8.18. The Morgan fingerprint density at radius 3 is 2.11 bits per heavy atom. The monoisotopic (exact) mass is 273 g/mol. The Balaban J connectivity index is 2.81. The highest BCUT2D eigenvalue weighted by atomic mass is 28.3. The molecule has 1 aromatic rings. The molecule has 0 heterocycles. The number of halogens is 2. The Morgan fingerprint density at radius 2 is 1.72 bits per heavy atom. The number of ether oxygens (including phenoxy) is 1. The van der Waals surface area contributed by atoms with Gasteiger partial charge in [0.1, 0.15) is 13.8 Å². The number of hydrogen-bond donors (Lipinski definition) is 1. The molecule has 0 radical (unpaired) electrons. The van der Waals surface area contributed by atoms with Crippen molar-refractivity contribution in [3.8, 4) is 5.75 Å². The van der Waals surface area contributed by atoms with Crippen molar-refractivity contribution < 1.29 is 18.3 Å². The van der Waals surface area contributed by atoms with Crippen LogP contribution in [0.15, 0.2) is 24.3 Å². The summed E-state index contributed by atoms with van der Waals surface area (Å²) in [6.45, 7) is 4.38. The summed E-state index contributed by atoms with van der Waals surface area (Å²) >= 11 is 0. The Hall–Kier alpha value is -1.43. The molecule has 0 spiro atoms. The summed E-state index contributed by atoms with van der Waals surface area (Å²) < 4.78 is 32.5. The van der Waals surface area contributed by atoms with Gasteiger partial charge in [0.15, 0.2) is 0 Å². The fourth-order valence-electron chi connectivity index (χ4n) is 1.22. The fourth-order valence-corrected chi connectivity index (χ4v) is 1.97. The van der Waals surface area contributed by atoms with Crippen LogP contribution in [-0.2, 0) is 4.79 Å². The van der Waals surface area contributed by atoms with E-state index in [1.54, 1.807) is 12.1 Å². The summed E-state index contributed by atoms with van der Waals surface area (Å²) in [4.78, 5) is 11.6. The second-order valence-electron chi connectivity index (χ2n) is 5.01. The maximum absolute atomic E-state index is 13.8. The Morgan fingerprint density at radius 1 is 1.22 bits per heavy atom. The molecule has 0 aromatic heterocycles. The highest BCUT2D eigenvalue weighted by Crippen LogP contribution is 2.28. The van der Waals surface area contributed by atoms with Gasteiger partial charge in [-0.2, -0.15) is 0 Å². The van der Waals surface area contributed by atoms with Crippen molar-refractivity contribution in [1.29, 1.82) is 0 Å². The number of carbonyl (C=O) groups is 1. The third-order valence-corrected chi connectivity index (χ3v) is 4.69. The molecule has 100 valence electrons. The van der Waals surface area contributed by atoms with Gasteiger partial charge in [0.25, 0.3) is 5.91 Å². The van der Waals surface area contributed by atoms with E-state index in [2.05, 4.69) is 5.32 Å². The lowest BCUT2D eigenvalue weighted by atomic mass is 10.3. The first-order valence-corrected chi connectivity index (χ1v) is 9.02. The topological polar surface area (TPSA) is 38.3 Å². The number of hydrogen-bond acceptors (Lipinski definition) is 2. The quantitative estimate of drug-likeness (QED) is 0.856. The van der Waals surface area contributed by atoms with Crippen LogP contribution in [0.2, 0.25) is 19.6 Å². The van der Waals surface area contributed by atoms with Gasteiger partial charge in [-0.1, -0.05) is 19.6 Å². The van der Waals surface area contributed by atoms with E-state index in [0.29, 0.717) is 11.4 Å². The largest absolute Gasteiger partial charge is 0.497 e. The zero-order valence-corrected chi connectivity index (χ0v) is 11.9. The van der Waals surface area contributed by atoms with E-state index in [1.807, 2.05) is 0 Å². The number of carbonyl (C=O) groups excluding carboxylic acids is 1. The molecule has 0 aliphatic rings. The molecule has 1 amide bonds. The highest BCUT2D eigenvalue weighted by Gasteiger charge is 2.51. The number of methoxy groups -OCH3 is 1. The number of alkyl halides is 2. The minimum atomic E-state index is -3.30. The van der Waals surface area contributed by atoms with Gasteiger partial charge in [-0.25, -0.2) is 8.78 Å². The van der Waals surface area contributed by atoms with Crippen LogP contribution in [0.4, 0.5) is 14.5 Å². The molecule has 1 N–H and O–H groups in total. The molecular weight excluding hydrogens is 256 g/mol. The van der Waals surface area contributed by atoms with Crippen molar-refractivity contribution in [2.75, 3.05) is 12.4 Å². The van der Waals surface area contributed by atoms with E-state index < -0.39 is 19.5 Å². The molecule has 0 aliphatic heterocycles. The minimum absolute atomic E-state index is 0.332. The van der Waals surface area contributed by atoms with Gasteiger partial charge >= 0.3 is 5.55 Å². The molecule has 0 fully saturated rings. The third-order valence-electron chi connectivity index (χ3n) is 2.58. The van der Waals surface area contributed by atoms with Gasteiger partial charge in [-0.15, -0.1) is 0 Å². The molecule has 1 rings (SSSR count). The first kappa shape index (κ1) is 14.6. The molecule has 0 atom stereocenters. The summed E-state index contributed by atoms with van der Waals surface area (Å²) in [6, 6.07) is 6.25. The lowest BCUT2D eigenvalue weighted by molar-refractivity contribution is -0.131. The number of benzene rings is 1. The lowest BCUT2D eigenvalue weighted by Crippen LogP contribution is -2.53. The van der Waals surface area contributed by atoms with Crippen LogP contribution in [0, 0.1) is 0 Å². The van der Waals surface area contributed by atoms with E-state index in [1.165, 1.54) is 38.9 Å². The van der Waals surface area contributed by atoms with E-state index in [4.69, 9.17) is 4.74 Å². The van der Waals surface area contributed by atoms with E-state index in [-0.39, 0.29) is 0 Å². The van der Waals surface area contributed by atoms with Crippen molar-refractivity contribution >= 4 is 19.7 Å². The van der Waals surface area contributed by atoms with Gasteiger partial charge in [0, 0.05) is 5.69 Å². The van der Waals surface area contributed by atoms with Crippen LogP contribution in [0.3, 0.4) is 0 Å². The second kappa shape index (κ2) is 5.05. The van der Waals surface area contributed by atoms with Crippen molar-refractivity contribution in [2.24, 2.45) is 0 Å². The van der Waals surface area contributed by atoms with Crippen molar-refractivity contribution in [1.82, 2.24) is 0 Å². The maximum Gasteiger partial charge on any atom is 0.303 e. The van der Waals surface area contributed by atoms with E-state index in [9.17, 15) is 13.6 Å². The Kier molecular flexibility index (Phi) is 4.11. The van der Waals surface area contributed by atoms with Gasteiger partial charge in [-0.05, 0) is 24.3 Å². The van der Waals surface area contributed by atoms with Crippen LogP contribution in [0.5, 0.6) is 5.75 Å². The lowest BCUT2D eigenvalue weighted by Gasteiger charge is -2.27. The highest BCUT2D eigenvalue weighted by molar-refractivity contribution is 6.81. The predicted molar refractivity (Wildman–Crippen MR) is 69.9 cm³/mol. The maximum atomic E-state index is 13.8. The average molecular weight is 273 g/mol. The Bertz CT molecular complexity index is 427. The van der Waals surface area contributed by atoms with Gasteiger partial charge in [0.2, 0.25) is 0 Å². The zero-order chi connectivity index (χ0) is 14.0. The predicted octanol–water partition coefficient (Wildman–Crippen LogP) is 3.15. The number of anilines is 1. The van der Waals surface area contributed by atoms with Gasteiger partial charge in [0.05, 0.1) is 7.11 Å². The third kappa shape index (κ3) is 3.07. The molecule has 0 saturated heterocycles. The van der Waals surface area contributed by atoms with Crippen LogP contribution in [-0.4, -0.2) is 26.6 Å². The van der Waals surface area contributed by atoms with Gasteiger partial charge < -0.3 is 10.1 Å². The summed E-state index contributed by atoms with van der Waals surface area (Å²) in [6.07, 6.45) is 0. The summed E-state index contributed by atoms with van der Waals surface area (Å²) in [5.74, 6) is -0.642. The fraction of sp³-hybridized carbons (Fsp3) is 0.417. The number of nitrogens with one attached hydrogen (secondary N) is 1. The summed E-state index contributed by atoms with van der Waals surface area (Å²) in [5.41, 5.74) is -2.97. The molecule has 0 bridgehead atoms. The molecule has 0 unspecified atom stereocenters. The summed E-state index contributed by atoms with van der Waals surface area (Å²) in [7, 11) is -1.38. The van der Waals surface area contributed by atoms with Crippen LogP contribution in [0.1, 0.15) is 0 Å². The minimum Gasteiger partial charge on any atom is -0.497 e. The number of rotatable bonds is 4. The van der Waals surface area contributed by atoms with E-state index in [0.717, 1.165) is 0 Å². The molecule has 18 heavy (non-hydrogen) atoms. The summed E-state index contributed by atoms with van der Waals surface area (Å²) in [5, 5.41) is 2.23. The smallest absolute Gasteiger partial charge is 0.303 e. The number of amides is 1. The molecule has 0 saturated carbocycles. The van der Waals surface area contributed by atoms with Crippen molar-refractivity contribution in [3.05, 3.63) is 24.3 Å². The second-order valence-corrected chi connectivity index (χ2v) is 10.1. The molecule has 3 nitrogen and oxygen atoms in total. The van der Waals surface area contributed by atoms with Crippen molar-refractivity contribution in [2.45, 2.75) is 25.2 Å². The van der Waals surface area contributed by atoms with Crippen LogP contribution in [0.25, 0.3) is 0 Å².